The van der Waals surface area contributed by atoms with Crippen LogP contribution in [0.3, 0.4) is 0 Å². The van der Waals surface area contributed by atoms with Crippen LogP contribution in [0.4, 0.5) is 21.9 Å². The zero-order valence-electron chi connectivity index (χ0n) is 17.0. The lowest BCUT2D eigenvalue weighted by Gasteiger charge is -2.19. The van der Waals surface area contributed by atoms with Gasteiger partial charge >= 0.3 is 6.09 Å². The molecule has 0 fully saturated rings. The lowest BCUT2D eigenvalue weighted by Crippen LogP contribution is -2.17. The molecule has 0 heterocycles. The minimum Gasteiger partial charge on any atom is -0.508 e. The number of phenolic OH excluding ortho intramolecular Hbond substituents is 1. The smallest absolute Gasteiger partial charge is 0.412 e. The summed E-state index contributed by atoms with van der Waals surface area (Å²) in [4.78, 5) is 24.7. The number of carbonyl (C=O) groups excluding carboxylic acids is 2. The average Bonchev–Trinajstić information content (AvgIpc) is 2.77. The van der Waals surface area contributed by atoms with Crippen molar-refractivity contribution in [1.82, 2.24) is 0 Å². The fourth-order valence-electron chi connectivity index (χ4n) is 2.90. The molecule has 0 aliphatic heterocycles. The molecule has 0 radical (unpaired) electrons. The number of phenols is 1. The number of nitrogens with one attached hydrogen (secondary N) is 2. The predicted octanol–water partition coefficient (Wildman–Crippen LogP) is 5.45. The third-order valence-electron chi connectivity index (χ3n) is 4.44. The Morgan fingerprint density at radius 1 is 1.03 bits per heavy atom. The van der Waals surface area contributed by atoms with Crippen LogP contribution >= 0.6 is 22.6 Å². The molecule has 0 unspecified atom stereocenters. The summed E-state index contributed by atoms with van der Waals surface area (Å²) in [6.45, 7) is 0. The summed E-state index contributed by atoms with van der Waals surface area (Å²) in [5.74, 6) is -0.375. The van der Waals surface area contributed by atoms with Crippen LogP contribution in [-0.4, -0.2) is 17.1 Å². The first-order valence-corrected chi connectivity index (χ1v) is 10.8. The number of para-hydroxylation sites is 3. The highest BCUT2D eigenvalue weighted by molar-refractivity contribution is 14.1. The summed E-state index contributed by atoms with van der Waals surface area (Å²) in [6.07, 6.45) is 1.61. The molecule has 0 aromatic heterocycles. The van der Waals surface area contributed by atoms with Crippen molar-refractivity contribution >= 4 is 51.7 Å². The summed E-state index contributed by atoms with van der Waals surface area (Å²) < 4.78 is 6.45. The topological polar surface area (TPSA) is 114 Å². The van der Waals surface area contributed by atoms with E-state index < -0.39 is 12.2 Å². The van der Waals surface area contributed by atoms with E-state index in [4.69, 9.17) is 10.5 Å². The summed E-state index contributed by atoms with van der Waals surface area (Å²) in [5, 5.41) is 15.7. The van der Waals surface area contributed by atoms with Gasteiger partial charge in [-0.1, -0.05) is 36.4 Å². The normalized spacial score (nSPS) is 11.7. The number of hydrogen-bond donors (Lipinski definition) is 4. The Morgan fingerprint density at radius 3 is 2.50 bits per heavy atom. The first-order valence-electron chi connectivity index (χ1n) is 9.75. The molecule has 7 nitrogen and oxygen atoms in total. The SMILES string of the molecule is Nc1ccccc1NC(=O)/C=C/C[C@H](OC(=O)Nc1ccccc1)c1cc(I)ccc1O. The Labute approximate surface area is 199 Å². The molecule has 2 amide bonds. The Bertz CT molecular complexity index is 1120. The maximum absolute atomic E-state index is 12.4. The maximum atomic E-state index is 12.4. The highest BCUT2D eigenvalue weighted by Gasteiger charge is 2.20. The van der Waals surface area contributed by atoms with Gasteiger partial charge in [0, 0.05) is 21.2 Å². The third-order valence-corrected chi connectivity index (χ3v) is 5.11. The lowest BCUT2D eigenvalue weighted by molar-refractivity contribution is -0.111. The monoisotopic (exact) mass is 543 g/mol. The third kappa shape index (κ3) is 6.74. The van der Waals surface area contributed by atoms with E-state index in [1.54, 1.807) is 66.7 Å². The van der Waals surface area contributed by atoms with Gasteiger partial charge in [-0.2, -0.15) is 0 Å². The van der Waals surface area contributed by atoms with Crippen molar-refractivity contribution < 1.29 is 19.4 Å². The minimum absolute atomic E-state index is 0.00200. The van der Waals surface area contributed by atoms with Crippen LogP contribution in [0.15, 0.2) is 84.9 Å². The summed E-state index contributed by atoms with van der Waals surface area (Å²) in [6, 6.07) is 20.8. The van der Waals surface area contributed by atoms with E-state index in [0.29, 0.717) is 22.6 Å². The number of aromatic hydroxyl groups is 1. The van der Waals surface area contributed by atoms with Crippen molar-refractivity contribution in [3.63, 3.8) is 0 Å². The molecular formula is C24H22IN3O4. The zero-order valence-corrected chi connectivity index (χ0v) is 19.2. The van der Waals surface area contributed by atoms with Crippen molar-refractivity contribution in [2.24, 2.45) is 0 Å². The van der Waals surface area contributed by atoms with Gasteiger partial charge < -0.3 is 20.9 Å². The molecule has 1 atom stereocenters. The highest BCUT2D eigenvalue weighted by Crippen LogP contribution is 2.31. The number of halogens is 1. The molecule has 3 aromatic rings. The van der Waals surface area contributed by atoms with Crippen LogP contribution in [-0.2, 0) is 9.53 Å². The summed E-state index contributed by atoms with van der Waals surface area (Å²) in [7, 11) is 0. The van der Waals surface area contributed by atoms with Gasteiger partial charge in [0.1, 0.15) is 11.9 Å². The predicted molar refractivity (Wildman–Crippen MR) is 133 cm³/mol. The van der Waals surface area contributed by atoms with Crippen molar-refractivity contribution in [3.05, 3.63) is 94.1 Å². The van der Waals surface area contributed by atoms with E-state index in [0.717, 1.165) is 3.57 Å². The quantitative estimate of drug-likeness (QED) is 0.180. The lowest BCUT2D eigenvalue weighted by atomic mass is 10.0. The first kappa shape index (κ1) is 23.1. The second-order valence-corrected chi connectivity index (χ2v) is 8.05. The Morgan fingerprint density at radius 2 is 1.75 bits per heavy atom. The number of nitrogens with two attached hydrogens (primary N) is 1. The van der Waals surface area contributed by atoms with Crippen LogP contribution in [0.1, 0.15) is 18.1 Å². The molecule has 0 bridgehead atoms. The summed E-state index contributed by atoms with van der Waals surface area (Å²) in [5.41, 5.74) is 7.83. The molecule has 0 aliphatic carbocycles. The Hall–Kier alpha value is -3.53. The van der Waals surface area contributed by atoms with Crippen molar-refractivity contribution in [2.45, 2.75) is 12.5 Å². The van der Waals surface area contributed by atoms with Gasteiger partial charge in [-0.3, -0.25) is 10.1 Å². The van der Waals surface area contributed by atoms with Crippen molar-refractivity contribution in [3.8, 4) is 5.75 Å². The molecule has 3 aromatic carbocycles. The van der Waals surface area contributed by atoms with E-state index in [-0.39, 0.29) is 18.1 Å². The number of rotatable bonds is 7. The molecule has 5 N–H and O–H groups in total. The highest BCUT2D eigenvalue weighted by atomic mass is 127. The molecular weight excluding hydrogens is 521 g/mol. The van der Waals surface area contributed by atoms with Crippen LogP contribution in [0.2, 0.25) is 0 Å². The van der Waals surface area contributed by atoms with Crippen LogP contribution in [0.25, 0.3) is 0 Å². The summed E-state index contributed by atoms with van der Waals surface area (Å²) >= 11 is 2.11. The average molecular weight is 543 g/mol. The van der Waals surface area contributed by atoms with Gasteiger partial charge in [-0.25, -0.2) is 4.79 Å². The molecule has 32 heavy (non-hydrogen) atoms. The Balaban J connectivity index is 1.71. The van der Waals surface area contributed by atoms with E-state index in [1.807, 2.05) is 6.07 Å². The zero-order chi connectivity index (χ0) is 22.9. The molecule has 0 spiro atoms. The van der Waals surface area contributed by atoms with Gasteiger partial charge in [-0.05, 0) is 71.1 Å². The minimum atomic E-state index is -0.806. The van der Waals surface area contributed by atoms with Crippen LogP contribution in [0, 0.1) is 3.57 Å². The first-order chi connectivity index (χ1) is 15.4. The van der Waals surface area contributed by atoms with E-state index >= 15 is 0 Å². The molecule has 0 saturated heterocycles. The largest absolute Gasteiger partial charge is 0.508 e. The van der Waals surface area contributed by atoms with E-state index in [9.17, 15) is 14.7 Å². The van der Waals surface area contributed by atoms with Gasteiger partial charge in [0.05, 0.1) is 11.4 Å². The van der Waals surface area contributed by atoms with Gasteiger partial charge in [0.15, 0.2) is 0 Å². The maximum Gasteiger partial charge on any atom is 0.412 e. The molecule has 0 aliphatic rings. The number of carbonyl (C=O) groups is 2. The molecule has 164 valence electrons. The van der Waals surface area contributed by atoms with Gasteiger partial charge in [0.25, 0.3) is 0 Å². The molecule has 8 heteroatoms. The number of nitrogen functional groups attached to an aromatic ring is 1. The fourth-order valence-corrected chi connectivity index (χ4v) is 3.42. The molecule has 0 saturated carbocycles. The Kier molecular flexibility index (Phi) is 8.09. The van der Waals surface area contributed by atoms with Crippen LogP contribution in [0.5, 0.6) is 5.75 Å². The number of anilines is 3. The second-order valence-electron chi connectivity index (χ2n) is 6.80. The number of ether oxygens (including phenoxy) is 1. The standard InChI is InChI=1S/C24H22IN3O4/c25-16-13-14-21(29)18(15-16)22(32-24(31)27-17-7-2-1-3-8-17)11-6-12-23(30)28-20-10-5-4-9-19(20)26/h1-10,12-15,22,29H,11,26H2,(H,27,31)(H,28,30)/b12-6+/t22-/m0/s1. The number of benzene rings is 3. The van der Waals surface area contributed by atoms with E-state index in [1.165, 1.54) is 12.1 Å². The van der Waals surface area contributed by atoms with E-state index in [2.05, 4.69) is 33.2 Å². The number of hydrogen-bond acceptors (Lipinski definition) is 5. The number of amides is 2. The van der Waals surface area contributed by atoms with Crippen molar-refractivity contribution in [2.75, 3.05) is 16.4 Å². The van der Waals surface area contributed by atoms with Crippen LogP contribution < -0.4 is 16.4 Å². The fraction of sp³-hybridized carbons (Fsp3) is 0.0833. The second kappa shape index (κ2) is 11.2. The molecule has 3 rings (SSSR count). The van der Waals surface area contributed by atoms with Crippen molar-refractivity contribution in [1.29, 1.82) is 0 Å². The van der Waals surface area contributed by atoms with Gasteiger partial charge in [-0.15, -0.1) is 0 Å². The van der Waals surface area contributed by atoms with Gasteiger partial charge in [0.2, 0.25) is 5.91 Å².